The van der Waals surface area contributed by atoms with Crippen LogP contribution in [0.1, 0.15) is 25.5 Å². The van der Waals surface area contributed by atoms with E-state index in [0.717, 1.165) is 25.4 Å². The minimum Gasteiger partial charge on any atom is -0.497 e. The zero-order valence-corrected chi connectivity index (χ0v) is 10.9. The summed E-state index contributed by atoms with van der Waals surface area (Å²) in [4.78, 5) is 2.55. The number of benzene rings is 1. The smallest absolute Gasteiger partial charge is 0.118 e. The van der Waals surface area contributed by atoms with Crippen LogP contribution >= 0.6 is 0 Å². The van der Waals surface area contributed by atoms with Gasteiger partial charge in [0.05, 0.1) is 7.11 Å². The Morgan fingerprint density at radius 2 is 2.06 bits per heavy atom. The van der Waals surface area contributed by atoms with E-state index in [9.17, 15) is 0 Å². The third kappa shape index (κ3) is 2.79. The lowest BCUT2D eigenvalue weighted by molar-refractivity contribution is 0.126. The zero-order valence-electron chi connectivity index (χ0n) is 10.9. The van der Waals surface area contributed by atoms with Gasteiger partial charge in [-0.3, -0.25) is 4.90 Å². The average molecular weight is 234 g/mol. The summed E-state index contributed by atoms with van der Waals surface area (Å²) in [5.74, 6) is 0.925. The van der Waals surface area contributed by atoms with E-state index in [1.807, 2.05) is 12.1 Å². The minimum atomic E-state index is 0.470. The Morgan fingerprint density at radius 3 is 2.65 bits per heavy atom. The van der Waals surface area contributed by atoms with Crippen LogP contribution in [0.5, 0.6) is 5.75 Å². The van der Waals surface area contributed by atoms with Crippen LogP contribution in [0.3, 0.4) is 0 Å². The maximum absolute atomic E-state index is 5.19. The normalized spacial score (nSPS) is 23.4. The summed E-state index contributed by atoms with van der Waals surface area (Å²) in [6.07, 6.45) is 0. The number of rotatable bonds is 3. The highest BCUT2D eigenvalue weighted by molar-refractivity contribution is 5.29. The summed E-state index contributed by atoms with van der Waals surface area (Å²) in [5.41, 5.74) is 1.36. The number of piperazine rings is 1. The van der Waals surface area contributed by atoms with Gasteiger partial charge < -0.3 is 10.1 Å². The molecule has 0 bridgehead atoms. The molecule has 1 aliphatic heterocycles. The highest BCUT2D eigenvalue weighted by Crippen LogP contribution is 2.24. The fourth-order valence-corrected chi connectivity index (χ4v) is 2.51. The molecule has 1 saturated heterocycles. The molecule has 0 amide bonds. The van der Waals surface area contributed by atoms with Crippen LogP contribution in [0.25, 0.3) is 0 Å². The number of ether oxygens (including phenoxy) is 1. The van der Waals surface area contributed by atoms with Crippen molar-refractivity contribution in [3.8, 4) is 5.75 Å². The van der Waals surface area contributed by atoms with Crippen LogP contribution in [0.15, 0.2) is 24.3 Å². The fraction of sp³-hybridized carbons (Fsp3) is 0.571. The molecule has 1 heterocycles. The van der Waals surface area contributed by atoms with Gasteiger partial charge in [0.25, 0.3) is 0 Å². The number of nitrogens with zero attached hydrogens (tertiary/aromatic N) is 1. The monoisotopic (exact) mass is 234 g/mol. The van der Waals surface area contributed by atoms with Crippen LogP contribution < -0.4 is 10.1 Å². The molecule has 2 rings (SSSR count). The van der Waals surface area contributed by atoms with Crippen molar-refractivity contribution in [1.29, 1.82) is 0 Å². The average Bonchev–Trinajstić information content (AvgIpc) is 2.39. The molecule has 1 aliphatic rings. The topological polar surface area (TPSA) is 24.5 Å². The maximum Gasteiger partial charge on any atom is 0.118 e. The van der Waals surface area contributed by atoms with Crippen molar-refractivity contribution in [1.82, 2.24) is 10.2 Å². The number of hydrogen-bond acceptors (Lipinski definition) is 3. The molecular formula is C14H22N2O. The van der Waals surface area contributed by atoms with Crippen LogP contribution in [0, 0.1) is 0 Å². The highest BCUT2D eigenvalue weighted by atomic mass is 16.5. The van der Waals surface area contributed by atoms with Gasteiger partial charge in [0.2, 0.25) is 0 Å². The minimum absolute atomic E-state index is 0.470. The van der Waals surface area contributed by atoms with Crippen molar-refractivity contribution in [3.63, 3.8) is 0 Å². The van der Waals surface area contributed by atoms with Gasteiger partial charge in [0, 0.05) is 31.7 Å². The van der Waals surface area contributed by atoms with E-state index >= 15 is 0 Å². The summed E-state index contributed by atoms with van der Waals surface area (Å²) in [6.45, 7) is 7.86. The van der Waals surface area contributed by atoms with Crippen LogP contribution in [0.4, 0.5) is 0 Å². The standard InChI is InChI=1S/C14H22N2O/c1-11-10-15-8-9-16(11)12(2)13-4-6-14(17-3)7-5-13/h4-7,11-12,15H,8-10H2,1-3H3. The van der Waals surface area contributed by atoms with Crippen LogP contribution in [0.2, 0.25) is 0 Å². The van der Waals surface area contributed by atoms with E-state index in [4.69, 9.17) is 4.74 Å². The van der Waals surface area contributed by atoms with Crippen molar-refractivity contribution in [2.45, 2.75) is 25.9 Å². The third-order valence-corrected chi connectivity index (χ3v) is 3.65. The quantitative estimate of drug-likeness (QED) is 0.866. The van der Waals surface area contributed by atoms with Gasteiger partial charge in [-0.25, -0.2) is 0 Å². The van der Waals surface area contributed by atoms with Crippen molar-refractivity contribution in [2.75, 3.05) is 26.7 Å². The van der Waals surface area contributed by atoms with Gasteiger partial charge in [0.15, 0.2) is 0 Å². The molecule has 94 valence electrons. The highest BCUT2D eigenvalue weighted by Gasteiger charge is 2.23. The van der Waals surface area contributed by atoms with Crippen LogP contribution in [-0.4, -0.2) is 37.7 Å². The number of methoxy groups -OCH3 is 1. The number of nitrogens with one attached hydrogen (secondary N) is 1. The summed E-state index contributed by atoms with van der Waals surface area (Å²) in [5, 5.41) is 3.43. The lowest BCUT2D eigenvalue weighted by Gasteiger charge is -2.38. The molecule has 2 unspecified atom stereocenters. The molecule has 0 radical (unpaired) electrons. The van der Waals surface area contributed by atoms with Gasteiger partial charge >= 0.3 is 0 Å². The van der Waals surface area contributed by atoms with E-state index in [-0.39, 0.29) is 0 Å². The first kappa shape index (κ1) is 12.4. The van der Waals surface area contributed by atoms with Gasteiger partial charge in [-0.1, -0.05) is 12.1 Å². The lowest BCUT2D eigenvalue weighted by Crippen LogP contribution is -2.50. The lowest BCUT2D eigenvalue weighted by atomic mass is 10.0. The Kier molecular flexibility index (Phi) is 4.02. The van der Waals surface area contributed by atoms with Gasteiger partial charge in [-0.05, 0) is 31.5 Å². The Hall–Kier alpha value is -1.06. The summed E-state index contributed by atoms with van der Waals surface area (Å²) >= 11 is 0. The zero-order chi connectivity index (χ0) is 12.3. The first-order valence-corrected chi connectivity index (χ1v) is 6.33. The van der Waals surface area contributed by atoms with E-state index in [0.29, 0.717) is 12.1 Å². The second-order valence-corrected chi connectivity index (χ2v) is 4.74. The van der Waals surface area contributed by atoms with Crippen molar-refractivity contribution >= 4 is 0 Å². The fourth-order valence-electron chi connectivity index (χ4n) is 2.51. The molecule has 1 aromatic carbocycles. The molecule has 0 spiro atoms. The predicted molar refractivity (Wildman–Crippen MR) is 70.4 cm³/mol. The van der Waals surface area contributed by atoms with Gasteiger partial charge in [-0.2, -0.15) is 0 Å². The van der Waals surface area contributed by atoms with E-state index in [1.165, 1.54) is 5.56 Å². The maximum atomic E-state index is 5.19. The van der Waals surface area contributed by atoms with E-state index < -0.39 is 0 Å². The Labute approximate surface area is 104 Å². The molecule has 1 aromatic rings. The molecule has 0 saturated carbocycles. The van der Waals surface area contributed by atoms with Crippen molar-refractivity contribution < 1.29 is 4.74 Å². The molecule has 1 fully saturated rings. The summed E-state index contributed by atoms with van der Waals surface area (Å²) in [7, 11) is 1.71. The molecule has 2 atom stereocenters. The first-order chi connectivity index (χ1) is 8.22. The second kappa shape index (κ2) is 5.52. The summed E-state index contributed by atoms with van der Waals surface area (Å²) in [6, 6.07) is 9.48. The SMILES string of the molecule is COc1ccc(C(C)N2CCNCC2C)cc1. The molecular weight excluding hydrogens is 212 g/mol. The van der Waals surface area contributed by atoms with E-state index in [2.05, 4.69) is 36.2 Å². The van der Waals surface area contributed by atoms with Gasteiger partial charge in [-0.15, -0.1) is 0 Å². The Morgan fingerprint density at radius 1 is 1.35 bits per heavy atom. The van der Waals surface area contributed by atoms with Crippen molar-refractivity contribution in [2.24, 2.45) is 0 Å². The Balaban J connectivity index is 2.09. The molecule has 17 heavy (non-hydrogen) atoms. The first-order valence-electron chi connectivity index (χ1n) is 6.33. The molecule has 1 N–H and O–H groups in total. The molecule has 3 heteroatoms. The predicted octanol–water partition coefficient (Wildman–Crippen LogP) is 2.05. The van der Waals surface area contributed by atoms with E-state index in [1.54, 1.807) is 7.11 Å². The third-order valence-electron chi connectivity index (χ3n) is 3.65. The largest absolute Gasteiger partial charge is 0.497 e. The number of hydrogen-bond donors (Lipinski definition) is 1. The Bertz CT molecular complexity index is 350. The molecule has 3 nitrogen and oxygen atoms in total. The van der Waals surface area contributed by atoms with Crippen LogP contribution in [-0.2, 0) is 0 Å². The molecule has 0 aliphatic carbocycles. The van der Waals surface area contributed by atoms with Gasteiger partial charge in [0.1, 0.15) is 5.75 Å². The van der Waals surface area contributed by atoms with Crippen molar-refractivity contribution in [3.05, 3.63) is 29.8 Å². The second-order valence-electron chi connectivity index (χ2n) is 4.74. The summed E-state index contributed by atoms with van der Waals surface area (Å²) < 4.78 is 5.19. The molecule has 0 aromatic heterocycles.